The van der Waals surface area contributed by atoms with Gasteiger partial charge in [-0.1, -0.05) is 0 Å². The van der Waals surface area contributed by atoms with E-state index in [-0.39, 0.29) is 5.97 Å². The first-order chi connectivity index (χ1) is 8.10. The van der Waals surface area contributed by atoms with Gasteiger partial charge in [0.05, 0.1) is 25.4 Å². The van der Waals surface area contributed by atoms with Gasteiger partial charge in [-0.25, -0.2) is 4.79 Å². The van der Waals surface area contributed by atoms with E-state index in [9.17, 15) is 4.79 Å². The van der Waals surface area contributed by atoms with Crippen LogP contribution in [0.2, 0.25) is 0 Å². The average Bonchev–Trinajstić information content (AvgIpc) is 2.68. The molecule has 0 saturated carbocycles. The third kappa shape index (κ3) is 1.60. The van der Waals surface area contributed by atoms with Crippen LogP contribution in [-0.4, -0.2) is 24.8 Å². The Bertz CT molecular complexity index is 587. The summed E-state index contributed by atoms with van der Waals surface area (Å²) in [5.41, 5.74) is 7.81. The lowest BCUT2D eigenvalue weighted by Gasteiger charge is -2.05. The number of carbonyl (C=O) groups is 1. The molecular weight excluding hydrogens is 220 g/mol. The largest absolute Gasteiger partial charge is 0.495 e. The molecule has 17 heavy (non-hydrogen) atoms. The Labute approximate surface area is 98.7 Å². The Morgan fingerprint density at radius 3 is 2.65 bits per heavy atom. The molecule has 1 aromatic carbocycles. The molecule has 2 aromatic rings. The smallest absolute Gasteiger partial charge is 0.354 e. The lowest BCUT2D eigenvalue weighted by molar-refractivity contribution is 0.0590. The van der Waals surface area contributed by atoms with Crippen LogP contribution in [0.4, 0.5) is 5.69 Å². The number of benzene rings is 1. The molecule has 0 aliphatic heterocycles. The SMILES string of the molecule is COC(=O)c1cc2c(N)c(OC)ccc2n1C. The van der Waals surface area contributed by atoms with Gasteiger partial charge in [0.15, 0.2) is 0 Å². The highest BCUT2D eigenvalue weighted by Crippen LogP contribution is 2.32. The number of hydrogen-bond acceptors (Lipinski definition) is 4. The number of aromatic nitrogens is 1. The molecule has 0 amide bonds. The van der Waals surface area contributed by atoms with Crippen LogP contribution in [0.3, 0.4) is 0 Å². The van der Waals surface area contributed by atoms with Crippen molar-refractivity contribution in [2.45, 2.75) is 0 Å². The number of nitrogen functional groups attached to an aromatic ring is 1. The quantitative estimate of drug-likeness (QED) is 0.632. The van der Waals surface area contributed by atoms with Gasteiger partial charge in [-0.3, -0.25) is 0 Å². The summed E-state index contributed by atoms with van der Waals surface area (Å²) in [6.45, 7) is 0. The second-order valence-corrected chi connectivity index (χ2v) is 3.69. The Morgan fingerprint density at radius 2 is 2.06 bits per heavy atom. The van der Waals surface area contributed by atoms with Crippen LogP contribution in [0.5, 0.6) is 5.75 Å². The number of anilines is 1. The van der Waals surface area contributed by atoms with Crippen LogP contribution < -0.4 is 10.5 Å². The second kappa shape index (κ2) is 4.01. The highest BCUT2D eigenvalue weighted by atomic mass is 16.5. The number of rotatable bonds is 2. The number of hydrogen-bond donors (Lipinski definition) is 1. The van der Waals surface area contributed by atoms with Crippen molar-refractivity contribution >= 4 is 22.6 Å². The molecule has 0 aliphatic rings. The van der Waals surface area contributed by atoms with Crippen molar-refractivity contribution < 1.29 is 14.3 Å². The van der Waals surface area contributed by atoms with Gasteiger partial charge < -0.3 is 19.8 Å². The van der Waals surface area contributed by atoms with Crippen LogP contribution in [0.15, 0.2) is 18.2 Å². The van der Waals surface area contributed by atoms with Gasteiger partial charge in [-0.05, 0) is 18.2 Å². The number of fused-ring (bicyclic) bond motifs is 1. The first kappa shape index (κ1) is 11.3. The van der Waals surface area contributed by atoms with E-state index in [0.717, 1.165) is 10.9 Å². The molecule has 0 aliphatic carbocycles. The lowest BCUT2D eigenvalue weighted by Crippen LogP contribution is -2.06. The minimum atomic E-state index is -0.387. The summed E-state index contributed by atoms with van der Waals surface area (Å²) in [6.07, 6.45) is 0. The van der Waals surface area contributed by atoms with Crippen LogP contribution in [-0.2, 0) is 11.8 Å². The summed E-state index contributed by atoms with van der Waals surface area (Å²) in [5.74, 6) is 0.210. The highest BCUT2D eigenvalue weighted by molar-refractivity contribution is 6.01. The second-order valence-electron chi connectivity index (χ2n) is 3.69. The summed E-state index contributed by atoms with van der Waals surface area (Å²) in [4.78, 5) is 11.6. The Hall–Kier alpha value is -2.17. The van der Waals surface area contributed by atoms with E-state index in [2.05, 4.69) is 0 Å². The van der Waals surface area contributed by atoms with Gasteiger partial charge in [0.1, 0.15) is 11.4 Å². The molecule has 5 heteroatoms. The van der Waals surface area contributed by atoms with Gasteiger partial charge in [-0.15, -0.1) is 0 Å². The zero-order valence-corrected chi connectivity index (χ0v) is 9.98. The van der Waals surface area contributed by atoms with Crippen LogP contribution in [0.1, 0.15) is 10.5 Å². The normalized spacial score (nSPS) is 10.5. The molecule has 2 N–H and O–H groups in total. The predicted molar refractivity (Wildman–Crippen MR) is 65.2 cm³/mol. The van der Waals surface area contributed by atoms with Gasteiger partial charge >= 0.3 is 5.97 Å². The zero-order chi connectivity index (χ0) is 12.6. The Kier molecular flexibility index (Phi) is 2.67. The van der Waals surface area contributed by atoms with Crippen molar-refractivity contribution in [3.63, 3.8) is 0 Å². The molecule has 0 radical (unpaired) electrons. The summed E-state index contributed by atoms with van der Waals surface area (Å²) in [6, 6.07) is 5.34. The molecule has 1 aromatic heterocycles. The van der Waals surface area contributed by atoms with E-state index >= 15 is 0 Å². The fourth-order valence-corrected chi connectivity index (χ4v) is 1.89. The molecule has 0 atom stereocenters. The van der Waals surface area contributed by atoms with E-state index in [1.807, 2.05) is 6.07 Å². The molecule has 0 spiro atoms. The van der Waals surface area contributed by atoms with Crippen molar-refractivity contribution in [3.8, 4) is 5.75 Å². The van der Waals surface area contributed by atoms with E-state index in [1.54, 1.807) is 30.9 Å². The van der Waals surface area contributed by atoms with Crippen molar-refractivity contribution in [2.75, 3.05) is 20.0 Å². The van der Waals surface area contributed by atoms with Gasteiger partial charge in [0.25, 0.3) is 0 Å². The molecule has 90 valence electrons. The number of methoxy groups -OCH3 is 2. The van der Waals surface area contributed by atoms with Crippen molar-refractivity contribution in [1.29, 1.82) is 0 Å². The van der Waals surface area contributed by atoms with Crippen LogP contribution in [0.25, 0.3) is 10.9 Å². The summed E-state index contributed by atoms with van der Waals surface area (Å²) in [7, 11) is 4.70. The van der Waals surface area contributed by atoms with Crippen LogP contribution >= 0.6 is 0 Å². The molecule has 1 heterocycles. The van der Waals surface area contributed by atoms with Gasteiger partial charge in [-0.2, -0.15) is 0 Å². The molecule has 0 unspecified atom stereocenters. The molecule has 0 bridgehead atoms. The van der Waals surface area contributed by atoms with Gasteiger partial charge in [0, 0.05) is 12.4 Å². The molecule has 0 fully saturated rings. The maximum absolute atomic E-state index is 11.6. The number of nitrogens with zero attached hydrogens (tertiary/aromatic N) is 1. The summed E-state index contributed by atoms with van der Waals surface area (Å²) < 4.78 is 11.6. The van der Waals surface area contributed by atoms with E-state index in [1.165, 1.54) is 7.11 Å². The Balaban J connectivity index is 2.73. The van der Waals surface area contributed by atoms with E-state index < -0.39 is 0 Å². The molecule has 5 nitrogen and oxygen atoms in total. The summed E-state index contributed by atoms with van der Waals surface area (Å²) >= 11 is 0. The fourth-order valence-electron chi connectivity index (χ4n) is 1.89. The van der Waals surface area contributed by atoms with Crippen LogP contribution in [0, 0.1) is 0 Å². The first-order valence-corrected chi connectivity index (χ1v) is 5.10. The lowest BCUT2D eigenvalue weighted by atomic mass is 10.2. The number of ether oxygens (including phenoxy) is 2. The van der Waals surface area contributed by atoms with Crippen molar-refractivity contribution in [3.05, 3.63) is 23.9 Å². The topological polar surface area (TPSA) is 66.5 Å². The van der Waals surface area contributed by atoms with E-state index in [0.29, 0.717) is 17.1 Å². The predicted octanol–water partition coefficient (Wildman–Crippen LogP) is 1.56. The van der Waals surface area contributed by atoms with Gasteiger partial charge in [0.2, 0.25) is 0 Å². The maximum Gasteiger partial charge on any atom is 0.354 e. The number of esters is 1. The average molecular weight is 234 g/mol. The molecular formula is C12H14N2O3. The summed E-state index contributed by atoms with van der Waals surface area (Å²) in [5, 5.41) is 0.784. The Morgan fingerprint density at radius 1 is 1.35 bits per heavy atom. The number of carbonyl (C=O) groups excluding carboxylic acids is 1. The third-order valence-corrected chi connectivity index (χ3v) is 2.84. The zero-order valence-electron chi connectivity index (χ0n) is 9.98. The van der Waals surface area contributed by atoms with Crippen molar-refractivity contribution in [2.24, 2.45) is 7.05 Å². The molecule has 0 saturated heterocycles. The standard InChI is InChI=1S/C12H14N2O3/c1-14-8-4-5-10(16-2)11(13)7(8)6-9(14)12(15)17-3/h4-6H,13H2,1-3H3. The highest BCUT2D eigenvalue weighted by Gasteiger charge is 2.16. The molecule has 2 rings (SSSR count). The first-order valence-electron chi connectivity index (χ1n) is 5.10. The fraction of sp³-hybridized carbons (Fsp3) is 0.250. The van der Waals surface area contributed by atoms with E-state index in [4.69, 9.17) is 15.2 Å². The van der Waals surface area contributed by atoms with Crippen molar-refractivity contribution in [1.82, 2.24) is 4.57 Å². The minimum Gasteiger partial charge on any atom is -0.495 e. The third-order valence-electron chi connectivity index (χ3n) is 2.84. The number of nitrogens with two attached hydrogens (primary N) is 1. The maximum atomic E-state index is 11.6. The monoisotopic (exact) mass is 234 g/mol. The number of aryl methyl sites for hydroxylation is 1. The minimum absolute atomic E-state index is 0.387.